The molecule has 1 unspecified atom stereocenters. The number of carbonyl (C=O) groups is 4. The Labute approximate surface area is 174 Å². The van der Waals surface area contributed by atoms with E-state index in [4.69, 9.17) is 0 Å². The summed E-state index contributed by atoms with van der Waals surface area (Å²) in [6.45, 7) is 3.93. The van der Waals surface area contributed by atoms with Crippen molar-refractivity contribution < 1.29 is 19.2 Å². The number of amides is 4. The van der Waals surface area contributed by atoms with Gasteiger partial charge in [-0.15, -0.1) is 0 Å². The van der Waals surface area contributed by atoms with E-state index in [1.54, 1.807) is 11.0 Å². The van der Waals surface area contributed by atoms with E-state index in [2.05, 4.69) is 20.9 Å². The first-order chi connectivity index (χ1) is 14.5. The molecule has 0 bridgehead atoms. The average Bonchev–Trinajstić information content (AvgIpc) is 2.91. The second-order valence-corrected chi connectivity index (χ2v) is 8.62. The van der Waals surface area contributed by atoms with Crippen molar-refractivity contribution in [3.8, 4) is 0 Å². The fourth-order valence-corrected chi connectivity index (χ4v) is 5.05. The lowest BCUT2D eigenvalue weighted by Crippen LogP contribution is -2.69. The molecular weight excluding hydrogens is 386 g/mol. The van der Waals surface area contributed by atoms with Gasteiger partial charge in [0.2, 0.25) is 17.7 Å². The molecule has 0 aromatic heterocycles. The van der Waals surface area contributed by atoms with Gasteiger partial charge in [-0.3, -0.25) is 29.4 Å². The molecule has 158 valence electrons. The Morgan fingerprint density at radius 2 is 1.93 bits per heavy atom. The van der Waals surface area contributed by atoms with E-state index in [0.717, 1.165) is 30.8 Å². The third-order valence-electron chi connectivity index (χ3n) is 6.81. The van der Waals surface area contributed by atoms with E-state index >= 15 is 0 Å². The van der Waals surface area contributed by atoms with Gasteiger partial charge in [0.15, 0.2) is 0 Å². The number of hydrogen-bond donors (Lipinski definition) is 3. The molecule has 1 aromatic carbocycles. The van der Waals surface area contributed by atoms with Gasteiger partial charge in [0, 0.05) is 57.7 Å². The van der Waals surface area contributed by atoms with Crippen LogP contribution in [0.5, 0.6) is 0 Å². The predicted molar refractivity (Wildman–Crippen MR) is 106 cm³/mol. The maximum Gasteiger partial charge on any atom is 0.255 e. The van der Waals surface area contributed by atoms with Crippen molar-refractivity contribution in [2.45, 2.75) is 43.9 Å². The van der Waals surface area contributed by atoms with Crippen LogP contribution in [0.4, 0.5) is 0 Å². The van der Waals surface area contributed by atoms with E-state index in [0.29, 0.717) is 38.0 Å². The summed E-state index contributed by atoms with van der Waals surface area (Å²) in [7, 11) is 0. The lowest BCUT2D eigenvalue weighted by atomic mass is 9.85. The summed E-state index contributed by atoms with van der Waals surface area (Å²) < 4.78 is 0. The number of piperidine rings is 1. The average molecular weight is 411 g/mol. The van der Waals surface area contributed by atoms with E-state index < -0.39 is 11.9 Å². The Balaban J connectivity index is 1.40. The third kappa shape index (κ3) is 3.09. The molecular formula is C21H25N5O4. The van der Waals surface area contributed by atoms with Crippen molar-refractivity contribution in [1.82, 2.24) is 25.8 Å². The number of carbonyl (C=O) groups excluding carboxylic acids is 4. The Bertz CT molecular complexity index is 941. The van der Waals surface area contributed by atoms with Crippen LogP contribution in [0, 0.1) is 0 Å². The molecule has 5 rings (SSSR count). The molecule has 9 heteroatoms. The SMILES string of the molecule is O=C1CC2(CNC2)N(Cc2cccc3c2CN(C2CCC(=O)NC2=O)C3=O)CCN1. The van der Waals surface area contributed by atoms with Crippen molar-refractivity contribution in [2.24, 2.45) is 0 Å². The van der Waals surface area contributed by atoms with Crippen LogP contribution in [0.2, 0.25) is 0 Å². The number of nitrogens with one attached hydrogen (secondary N) is 3. The zero-order chi connectivity index (χ0) is 20.9. The van der Waals surface area contributed by atoms with Crippen molar-refractivity contribution in [1.29, 1.82) is 0 Å². The zero-order valence-electron chi connectivity index (χ0n) is 16.7. The molecule has 4 aliphatic rings. The first kappa shape index (κ1) is 19.2. The van der Waals surface area contributed by atoms with Crippen molar-refractivity contribution in [3.63, 3.8) is 0 Å². The molecule has 30 heavy (non-hydrogen) atoms. The highest BCUT2D eigenvalue weighted by Gasteiger charge is 2.46. The summed E-state index contributed by atoms with van der Waals surface area (Å²) in [5.74, 6) is -0.763. The van der Waals surface area contributed by atoms with Gasteiger partial charge in [0.25, 0.3) is 5.91 Å². The number of nitrogens with zero attached hydrogens (tertiary/aromatic N) is 2. The molecule has 1 atom stereocenters. The van der Waals surface area contributed by atoms with Crippen LogP contribution in [0.1, 0.15) is 40.7 Å². The first-order valence-corrected chi connectivity index (χ1v) is 10.4. The lowest BCUT2D eigenvalue weighted by Gasteiger charge is -2.49. The highest BCUT2D eigenvalue weighted by Crippen LogP contribution is 2.33. The summed E-state index contributed by atoms with van der Waals surface area (Å²) in [4.78, 5) is 52.9. The summed E-state index contributed by atoms with van der Waals surface area (Å²) >= 11 is 0. The molecule has 3 saturated heterocycles. The van der Waals surface area contributed by atoms with E-state index in [-0.39, 0.29) is 29.7 Å². The van der Waals surface area contributed by atoms with Crippen molar-refractivity contribution in [3.05, 3.63) is 34.9 Å². The molecule has 1 spiro atoms. The molecule has 4 amide bonds. The summed E-state index contributed by atoms with van der Waals surface area (Å²) in [5, 5.41) is 8.60. The molecule has 0 aliphatic carbocycles. The molecule has 1 aromatic rings. The van der Waals surface area contributed by atoms with Gasteiger partial charge < -0.3 is 15.5 Å². The van der Waals surface area contributed by atoms with Gasteiger partial charge in [-0.2, -0.15) is 0 Å². The fourth-order valence-electron chi connectivity index (χ4n) is 5.05. The minimum absolute atomic E-state index is 0.0801. The standard InChI is InChI=1S/C21H25N5O4/c27-17-5-4-16(19(29)24-17)26-10-15-13(2-1-3-14(15)20(26)30)9-25-7-6-23-18(28)8-21(25)11-22-12-21/h1-3,16,22H,4-12H2,(H,23,28)(H,24,27,29). The second kappa shape index (κ2) is 7.17. The van der Waals surface area contributed by atoms with E-state index in [1.807, 2.05) is 12.1 Å². The molecule has 4 aliphatic heterocycles. The molecule has 3 N–H and O–H groups in total. The van der Waals surface area contributed by atoms with Gasteiger partial charge in [-0.25, -0.2) is 0 Å². The minimum Gasteiger partial charge on any atom is -0.355 e. The summed E-state index contributed by atoms with van der Waals surface area (Å²) in [6, 6.07) is 5.10. The van der Waals surface area contributed by atoms with Gasteiger partial charge in [0.1, 0.15) is 6.04 Å². The van der Waals surface area contributed by atoms with Crippen molar-refractivity contribution in [2.75, 3.05) is 26.2 Å². The van der Waals surface area contributed by atoms with Gasteiger partial charge in [-0.05, 0) is 23.6 Å². The summed E-state index contributed by atoms with van der Waals surface area (Å²) in [5.41, 5.74) is 2.44. The molecule has 0 saturated carbocycles. The van der Waals surface area contributed by atoms with Crippen LogP contribution in [-0.4, -0.2) is 71.2 Å². The fraction of sp³-hybridized carbons (Fsp3) is 0.524. The van der Waals surface area contributed by atoms with Gasteiger partial charge >= 0.3 is 0 Å². The van der Waals surface area contributed by atoms with Crippen LogP contribution in [0.3, 0.4) is 0 Å². The van der Waals surface area contributed by atoms with Gasteiger partial charge in [-0.1, -0.05) is 12.1 Å². The Morgan fingerprint density at radius 1 is 1.10 bits per heavy atom. The highest BCUT2D eigenvalue weighted by atomic mass is 16.2. The second-order valence-electron chi connectivity index (χ2n) is 8.62. The number of rotatable bonds is 3. The molecule has 3 fully saturated rings. The molecule has 4 heterocycles. The molecule has 9 nitrogen and oxygen atoms in total. The van der Waals surface area contributed by atoms with Crippen LogP contribution < -0.4 is 16.0 Å². The van der Waals surface area contributed by atoms with Crippen LogP contribution in [0.15, 0.2) is 18.2 Å². The Morgan fingerprint density at radius 3 is 2.67 bits per heavy atom. The Hall–Kier alpha value is -2.78. The van der Waals surface area contributed by atoms with E-state index in [1.165, 1.54) is 0 Å². The predicted octanol–water partition coefficient (Wildman–Crippen LogP) is -0.888. The maximum absolute atomic E-state index is 13.0. The third-order valence-corrected chi connectivity index (χ3v) is 6.81. The lowest BCUT2D eigenvalue weighted by molar-refractivity contribution is -0.137. The largest absolute Gasteiger partial charge is 0.355 e. The minimum atomic E-state index is -0.613. The Kier molecular flexibility index (Phi) is 4.59. The van der Waals surface area contributed by atoms with Gasteiger partial charge in [0.05, 0.1) is 5.54 Å². The van der Waals surface area contributed by atoms with Crippen LogP contribution in [-0.2, 0) is 27.5 Å². The highest BCUT2D eigenvalue weighted by molar-refractivity contribution is 6.05. The monoisotopic (exact) mass is 411 g/mol. The summed E-state index contributed by atoms with van der Waals surface area (Å²) in [6.07, 6.45) is 1.07. The normalized spacial score (nSPS) is 26.1. The van der Waals surface area contributed by atoms with Crippen LogP contribution in [0.25, 0.3) is 0 Å². The number of hydrogen-bond acceptors (Lipinski definition) is 6. The molecule has 0 radical (unpaired) electrons. The van der Waals surface area contributed by atoms with Crippen LogP contribution >= 0.6 is 0 Å². The topological polar surface area (TPSA) is 111 Å². The number of imide groups is 1. The first-order valence-electron chi connectivity index (χ1n) is 10.4. The smallest absolute Gasteiger partial charge is 0.255 e. The maximum atomic E-state index is 13.0. The zero-order valence-corrected chi connectivity index (χ0v) is 16.7. The number of benzene rings is 1. The quantitative estimate of drug-likeness (QED) is 0.557. The van der Waals surface area contributed by atoms with E-state index in [9.17, 15) is 19.2 Å². The van der Waals surface area contributed by atoms with Crippen molar-refractivity contribution >= 4 is 23.6 Å². The number of fused-ring (bicyclic) bond motifs is 1.